The molecule has 2 N–H and O–H groups in total. The fourth-order valence-electron chi connectivity index (χ4n) is 1.98. The highest BCUT2D eigenvalue weighted by Crippen LogP contribution is 2.20. The van der Waals surface area contributed by atoms with Gasteiger partial charge in [0.1, 0.15) is 0 Å². The van der Waals surface area contributed by atoms with Gasteiger partial charge in [-0.3, -0.25) is 9.59 Å². The molecule has 4 nitrogen and oxygen atoms in total. The summed E-state index contributed by atoms with van der Waals surface area (Å²) in [7, 11) is 0. The van der Waals surface area contributed by atoms with Crippen LogP contribution in [0, 0.1) is 6.92 Å². The molecular weight excluding hydrogens is 300 g/mol. The number of anilines is 2. The number of carbonyl (C=O) groups excluding carboxylic acids is 2. The van der Waals surface area contributed by atoms with E-state index in [1.807, 2.05) is 19.1 Å². The van der Waals surface area contributed by atoms with Crippen LogP contribution in [0.3, 0.4) is 0 Å². The molecule has 0 radical (unpaired) electrons. The fraction of sp³-hybridized carbons (Fsp3) is 0.176. The molecule has 0 saturated carbocycles. The van der Waals surface area contributed by atoms with Crippen molar-refractivity contribution < 1.29 is 9.59 Å². The Morgan fingerprint density at radius 3 is 2.55 bits per heavy atom. The van der Waals surface area contributed by atoms with Crippen LogP contribution in [0.4, 0.5) is 11.4 Å². The summed E-state index contributed by atoms with van der Waals surface area (Å²) in [6, 6.07) is 12.4. The van der Waals surface area contributed by atoms with Crippen LogP contribution in [0.2, 0.25) is 5.02 Å². The zero-order chi connectivity index (χ0) is 16.1. The number of benzene rings is 2. The highest BCUT2D eigenvalue weighted by atomic mass is 35.5. The standard InChI is InChI=1S/C17H17ClN2O2/c1-11-7-8-13(9-15(11)18)19-10-17(22)20-16-6-4-3-5-14(16)12(2)21/h3-9,19H,10H2,1-2H3,(H,20,22). The zero-order valence-corrected chi connectivity index (χ0v) is 13.2. The second-order valence-electron chi connectivity index (χ2n) is 4.97. The van der Waals surface area contributed by atoms with E-state index in [4.69, 9.17) is 11.6 Å². The second kappa shape index (κ2) is 7.09. The van der Waals surface area contributed by atoms with Gasteiger partial charge in [-0.2, -0.15) is 0 Å². The van der Waals surface area contributed by atoms with E-state index < -0.39 is 0 Å². The number of rotatable bonds is 5. The van der Waals surface area contributed by atoms with E-state index in [0.29, 0.717) is 16.3 Å². The van der Waals surface area contributed by atoms with Crippen LogP contribution in [0.1, 0.15) is 22.8 Å². The minimum atomic E-state index is -0.231. The molecule has 0 aliphatic carbocycles. The second-order valence-corrected chi connectivity index (χ2v) is 5.37. The summed E-state index contributed by atoms with van der Waals surface area (Å²) in [4.78, 5) is 23.5. The molecule has 0 fully saturated rings. The first-order valence-corrected chi connectivity index (χ1v) is 7.25. The third kappa shape index (κ3) is 4.09. The maximum Gasteiger partial charge on any atom is 0.243 e. The van der Waals surface area contributed by atoms with Crippen LogP contribution in [0.5, 0.6) is 0 Å². The predicted octanol–water partition coefficient (Wildman–Crippen LogP) is 3.90. The number of hydrogen-bond donors (Lipinski definition) is 2. The van der Waals surface area contributed by atoms with Gasteiger partial charge in [-0.05, 0) is 43.7 Å². The van der Waals surface area contributed by atoms with Crippen molar-refractivity contribution >= 4 is 34.7 Å². The molecule has 0 saturated heterocycles. The van der Waals surface area contributed by atoms with E-state index in [0.717, 1.165) is 11.3 Å². The van der Waals surface area contributed by atoms with E-state index in [-0.39, 0.29) is 18.2 Å². The number of aryl methyl sites for hydroxylation is 1. The Labute approximate surface area is 134 Å². The van der Waals surface area contributed by atoms with Crippen molar-refractivity contribution in [2.75, 3.05) is 17.2 Å². The Balaban J connectivity index is 1.99. The van der Waals surface area contributed by atoms with Crippen molar-refractivity contribution in [3.05, 3.63) is 58.6 Å². The maximum absolute atomic E-state index is 12.0. The van der Waals surface area contributed by atoms with Gasteiger partial charge in [0.05, 0.1) is 12.2 Å². The van der Waals surface area contributed by atoms with Gasteiger partial charge < -0.3 is 10.6 Å². The zero-order valence-electron chi connectivity index (χ0n) is 12.4. The van der Waals surface area contributed by atoms with E-state index in [9.17, 15) is 9.59 Å². The molecule has 5 heteroatoms. The summed E-state index contributed by atoms with van der Waals surface area (Å²) in [5.41, 5.74) is 2.76. The summed E-state index contributed by atoms with van der Waals surface area (Å²) in [5.74, 6) is -0.320. The minimum absolute atomic E-state index is 0.0887. The van der Waals surface area contributed by atoms with Gasteiger partial charge in [-0.15, -0.1) is 0 Å². The van der Waals surface area contributed by atoms with Gasteiger partial charge in [-0.25, -0.2) is 0 Å². The Morgan fingerprint density at radius 1 is 1.14 bits per heavy atom. The van der Waals surface area contributed by atoms with Crippen LogP contribution in [-0.2, 0) is 4.79 Å². The summed E-state index contributed by atoms with van der Waals surface area (Å²) in [6.07, 6.45) is 0. The van der Waals surface area contributed by atoms with Gasteiger partial charge in [0.2, 0.25) is 5.91 Å². The number of amides is 1. The molecule has 0 unspecified atom stereocenters. The molecule has 0 bridgehead atoms. The van der Waals surface area contributed by atoms with Gasteiger partial charge in [0.15, 0.2) is 5.78 Å². The molecule has 114 valence electrons. The quantitative estimate of drug-likeness (QED) is 0.822. The number of Topliss-reactive ketones (excluding diaryl/α,β-unsaturated/α-hetero) is 1. The third-order valence-electron chi connectivity index (χ3n) is 3.21. The number of hydrogen-bond acceptors (Lipinski definition) is 3. The largest absolute Gasteiger partial charge is 0.376 e. The molecule has 0 heterocycles. The molecule has 0 aliphatic heterocycles. The summed E-state index contributed by atoms with van der Waals surface area (Å²) < 4.78 is 0. The molecule has 1 amide bonds. The van der Waals surface area contributed by atoms with Crippen LogP contribution in [0.25, 0.3) is 0 Å². The lowest BCUT2D eigenvalue weighted by molar-refractivity contribution is -0.114. The molecule has 0 aliphatic rings. The summed E-state index contributed by atoms with van der Waals surface area (Å²) >= 11 is 6.04. The highest BCUT2D eigenvalue weighted by molar-refractivity contribution is 6.31. The first kappa shape index (κ1) is 16.0. The van der Waals surface area contributed by atoms with Crippen molar-refractivity contribution in [3.8, 4) is 0 Å². The molecular formula is C17H17ClN2O2. The Hall–Kier alpha value is -2.33. The maximum atomic E-state index is 12.0. The SMILES string of the molecule is CC(=O)c1ccccc1NC(=O)CNc1ccc(C)c(Cl)c1. The topological polar surface area (TPSA) is 58.2 Å². The van der Waals surface area contributed by atoms with Crippen LogP contribution in [0.15, 0.2) is 42.5 Å². The van der Waals surface area contributed by atoms with Crippen LogP contribution in [-0.4, -0.2) is 18.2 Å². The number of carbonyl (C=O) groups is 2. The first-order chi connectivity index (χ1) is 10.5. The van der Waals surface area contributed by atoms with E-state index in [1.54, 1.807) is 30.3 Å². The number of halogens is 1. The van der Waals surface area contributed by atoms with Gasteiger partial charge in [-0.1, -0.05) is 29.8 Å². The lowest BCUT2D eigenvalue weighted by Crippen LogP contribution is -2.22. The average Bonchev–Trinajstić information content (AvgIpc) is 2.49. The van der Waals surface area contributed by atoms with Gasteiger partial charge >= 0.3 is 0 Å². The molecule has 2 aromatic carbocycles. The lowest BCUT2D eigenvalue weighted by atomic mass is 10.1. The predicted molar refractivity (Wildman–Crippen MR) is 89.8 cm³/mol. The minimum Gasteiger partial charge on any atom is -0.376 e. The van der Waals surface area contributed by atoms with E-state index in [1.165, 1.54) is 6.92 Å². The van der Waals surface area contributed by atoms with Crippen LogP contribution < -0.4 is 10.6 Å². The van der Waals surface area contributed by atoms with Crippen LogP contribution >= 0.6 is 11.6 Å². The number of nitrogens with one attached hydrogen (secondary N) is 2. The van der Waals surface area contributed by atoms with E-state index in [2.05, 4.69) is 10.6 Å². The van der Waals surface area contributed by atoms with Gasteiger partial charge in [0, 0.05) is 16.3 Å². The smallest absolute Gasteiger partial charge is 0.243 e. The summed E-state index contributed by atoms with van der Waals surface area (Å²) in [6.45, 7) is 3.47. The van der Waals surface area contributed by atoms with Crippen molar-refractivity contribution in [2.45, 2.75) is 13.8 Å². The molecule has 22 heavy (non-hydrogen) atoms. The van der Waals surface area contributed by atoms with Crippen molar-refractivity contribution in [2.24, 2.45) is 0 Å². The molecule has 2 aromatic rings. The summed E-state index contributed by atoms with van der Waals surface area (Å²) in [5, 5.41) is 6.38. The molecule has 0 aromatic heterocycles. The number of para-hydroxylation sites is 1. The average molecular weight is 317 g/mol. The first-order valence-electron chi connectivity index (χ1n) is 6.87. The molecule has 0 spiro atoms. The van der Waals surface area contributed by atoms with E-state index >= 15 is 0 Å². The third-order valence-corrected chi connectivity index (χ3v) is 3.61. The number of ketones is 1. The highest BCUT2D eigenvalue weighted by Gasteiger charge is 2.09. The van der Waals surface area contributed by atoms with Crippen molar-refractivity contribution in [3.63, 3.8) is 0 Å². The van der Waals surface area contributed by atoms with Crippen molar-refractivity contribution in [1.82, 2.24) is 0 Å². The van der Waals surface area contributed by atoms with Gasteiger partial charge in [0.25, 0.3) is 0 Å². The Kier molecular flexibility index (Phi) is 5.17. The fourth-order valence-corrected chi connectivity index (χ4v) is 2.16. The normalized spacial score (nSPS) is 10.1. The molecule has 0 atom stereocenters. The Morgan fingerprint density at radius 2 is 1.86 bits per heavy atom. The molecule has 2 rings (SSSR count). The lowest BCUT2D eigenvalue weighted by Gasteiger charge is -2.11. The Bertz CT molecular complexity index is 714. The van der Waals surface area contributed by atoms with Crippen molar-refractivity contribution in [1.29, 1.82) is 0 Å². The monoisotopic (exact) mass is 316 g/mol.